The fourth-order valence-electron chi connectivity index (χ4n) is 4.41. The number of hydrogen-bond donors (Lipinski definition) is 0. The quantitative estimate of drug-likeness (QED) is 0.690. The van der Waals surface area contributed by atoms with Crippen molar-refractivity contribution in [1.29, 1.82) is 0 Å². The van der Waals surface area contributed by atoms with Crippen LogP contribution in [0.5, 0.6) is 0 Å². The van der Waals surface area contributed by atoms with Gasteiger partial charge in [0.1, 0.15) is 0 Å². The van der Waals surface area contributed by atoms with Crippen LogP contribution in [-0.4, -0.2) is 33.2 Å². The molecular formula is C16H32N2. The molecule has 0 saturated carbocycles. The summed E-state index contributed by atoms with van der Waals surface area (Å²) in [6, 6.07) is 1.40. The molecule has 18 heavy (non-hydrogen) atoms. The van der Waals surface area contributed by atoms with Gasteiger partial charge in [0.25, 0.3) is 0 Å². The second-order valence-electron chi connectivity index (χ2n) is 7.80. The summed E-state index contributed by atoms with van der Waals surface area (Å²) in [5, 5.41) is 5.47. The van der Waals surface area contributed by atoms with Crippen molar-refractivity contribution < 1.29 is 0 Å². The molecular weight excluding hydrogens is 220 g/mol. The van der Waals surface area contributed by atoms with Crippen molar-refractivity contribution in [2.75, 3.05) is 0 Å². The Kier molecular flexibility index (Phi) is 3.81. The van der Waals surface area contributed by atoms with Crippen LogP contribution >= 0.6 is 0 Å². The average Bonchev–Trinajstić information content (AvgIpc) is 2.20. The first kappa shape index (κ1) is 14.3. The summed E-state index contributed by atoms with van der Waals surface area (Å²) in [4.78, 5) is 0. The smallest absolute Gasteiger partial charge is 0.0306 e. The molecule has 0 aliphatic carbocycles. The number of piperidine rings is 2. The van der Waals surface area contributed by atoms with Crippen molar-refractivity contribution in [3.05, 3.63) is 0 Å². The summed E-state index contributed by atoms with van der Waals surface area (Å²) in [6.45, 7) is 14.6. The third-order valence-corrected chi connectivity index (χ3v) is 5.10. The van der Waals surface area contributed by atoms with Crippen LogP contribution in [0.4, 0.5) is 0 Å². The topological polar surface area (TPSA) is 6.48 Å². The largest absolute Gasteiger partial charge is 0.235 e. The molecule has 2 aliphatic heterocycles. The fourth-order valence-corrected chi connectivity index (χ4v) is 4.41. The number of rotatable bonds is 1. The van der Waals surface area contributed by atoms with E-state index < -0.39 is 0 Å². The lowest BCUT2D eigenvalue weighted by atomic mass is 9.80. The Morgan fingerprint density at radius 3 is 1.67 bits per heavy atom. The first-order chi connectivity index (χ1) is 8.26. The molecule has 0 aromatic carbocycles. The Balaban J connectivity index is 2.31. The van der Waals surface area contributed by atoms with E-state index >= 15 is 0 Å². The highest BCUT2D eigenvalue weighted by Crippen LogP contribution is 2.42. The van der Waals surface area contributed by atoms with Gasteiger partial charge in [-0.05, 0) is 73.6 Å². The Bertz CT molecular complexity index is 269. The minimum Gasteiger partial charge on any atom is -0.235 e. The minimum atomic E-state index is 0.307. The molecule has 0 spiro atoms. The zero-order valence-electron chi connectivity index (χ0n) is 13.3. The maximum atomic E-state index is 2.75. The van der Waals surface area contributed by atoms with Crippen molar-refractivity contribution in [3.63, 3.8) is 0 Å². The van der Waals surface area contributed by atoms with E-state index in [0.717, 1.165) is 0 Å². The van der Waals surface area contributed by atoms with Gasteiger partial charge in [-0.15, -0.1) is 0 Å². The maximum Gasteiger partial charge on any atom is 0.0306 e. The average molecular weight is 252 g/mol. The Morgan fingerprint density at radius 2 is 1.22 bits per heavy atom. The predicted octanol–water partition coefficient (Wildman–Crippen LogP) is 4.21. The highest BCUT2D eigenvalue weighted by atomic mass is 15.7. The van der Waals surface area contributed by atoms with Crippen LogP contribution in [0, 0.1) is 0 Å². The number of nitrogens with zero attached hydrogens (tertiary/aromatic N) is 2. The lowest BCUT2D eigenvalue weighted by Gasteiger charge is -2.61. The zero-order valence-corrected chi connectivity index (χ0v) is 13.3. The fraction of sp³-hybridized carbons (Fsp3) is 1.00. The second-order valence-corrected chi connectivity index (χ2v) is 7.80. The standard InChI is InChI=1S/C16H32N2/c1-13-9-7-10-14(2)17(13)18-15(3,4)11-8-12-16(18,5)6/h13-14H,7-12H2,1-6H3. The summed E-state index contributed by atoms with van der Waals surface area (Å²) >= 11 is 0. The molecule has 2 rings (SSSR count). The van der Waals surface area contributed by atoms with Crippen molar-refractivity contribution in [3.8, 4) is 0 Å². The summed E-state index contributed by atoms with van der Waals surface area (Å²) in [5.41, 5.74) is 0.614. The summed E-state index contributed by atoms with van der Waals surface area (Å²) < 4.78 is 0. The third-order valence-electron chi connectivity index (χ3n) is 5.10. The van der Waals surface area contributed by atoms with E-state index in [2.05, 4.69) is 51.6 Å². The maximum absolute atomic E-state index is 2.75. The van der Waals surface area contributed by atoms with Gasteiger partial charge >= 0.3 is 0 Å². The third kappa shape index (κ3) is 2.46. The van der Waals surface area contributed by atoms with E-state index in [-0.39, 0.29) is 0 Å². The van der Waals surface area contributed by atoms with Crippen LogP contribution in [0.1, 0.15) is 80.1 Å². The molecule has 0 radical (unpaired) electrons. The molecule has 2 heterocycles. The van der Waals surface area contributed by atoms with Crippen LogP contribution in [0.25, 0.3) is 0 Å². The summed E-state index contributed by atoms with van der Waals surface area (Å²) in [7, 11) is 0. The Labute approximate surface area is 114 Å². The van der Waals surface area contributed by atoms with Gasteiger partial charge in [-0.1, -0.05) is 6.42 Å². The molecule has 2 aliphatic rings. The number of hydrazine groups is 1. The molecule has 106 valence electrons. The molecule has 2 atom stereocenters. The van der Waals surface area contributed by atoms with Crippen LogP contribution in [0.3, 0.4) is 0 Å². The van der Waals surface area contributed by atoms with Crippen LogP contribution in [0.2, 0.25) is 0 Å². The van der Waals surface area contributed by atoms with Gasteiger partial charge in [0.2, 0.25) is 0 Å². The van der Waals surface area contributed by atoms with Gasteiger partial charge in [0.05, 0.1) is 0 Å². The van der Waals surface area contributed by atoms with Crippen molar-refractivity contribution in [2.24, 2.45) is 0 Å². The summed E-state index contributed by atoms with van der Waals surface area (Å²) in [6.07, 6.45) is 8.12. The first-order valence-electron chi connectivity index (χ1n) is 7.84. The molecule has 0 bridgehead atoms. The van der Waals surface area contributed by atoms with Crippen LogP contribution in [-0.2, 0) is 0 Å². The van der Waals surface area contributed by atoms with Crippen molar-refractivity contribution in [1.82, 2.24) is 10.0 Å². The zero-order chi connectivity index (χ0) is 13.6. The highest BCUT2D eigenvalue weighted by molar-refractivity contribution is 4.98. The molecule has 2 unspecified atom stereocenters. The lowest BCUT2D eigenvalue weighted by Crippen LogP contribution is -2.69. The summed E-state index contributed by atoms with van der Waals surface area (Å²) in [5.74, 6) is 0. The molecule has 2 saturated heterocycles. The van der Waals surface area contributed by atoms with Gasteiger partial charge in [-0.3, -0.25) is 0 Å². The Hall–Kier alpha value is -0.0800. The molecule has 0 aromatic rings. The van der Waals surface area contributed by atoms with E-state index in [1.807, 2.05) is 0 Å². The van der Waals surface area contributed by atoms with Crippen LogP contribution in [0.15, 0.2) is 0 Å². The predicted molar refractivity (Wildman–Crippen MR) is 78.5 cm³/mol. The van der Waals surface area contributed by atoms with Gasteiger partial charge < -0.3 is 0 Å². The van der Waals surface area contributed by atoms with E-state index in [4.69, 9.17) is 0 Å². The number of hydrogen-bond acceptors (Lipinski definition) is 2. The van der Waals surface area contributed by atoms with Gasteiger partial charge in [-0.25, -0.2) is 10.0 Å². The molecule has 2 heteroatoms. The van der Waals surface area contributed by atoms with Crippen LogP contribution < -0.4 is 0 Å². The van der Waals surface area contributed by atoms with Gasteiger partial charge in [-0.2, -0.15) is 0 Å². The van der Waals surface area contributed by atoms with Gasteiger partial charge in [0.15, 0.2) is 0 Å². The van der Waals surface area contributed by atoms with Crippen molar-refractivity contribution >= 4 is 0 Å². The molecule has 2 fully saturated rings. The van der Waals surface area contributed by atoms with Crippen molar-refractivity contribution in [2.45, 2.75) is 103 Å². The molecule has 0 N–H and O–H groups in total. The van der Waals surface area contributed by atoms with E-state index in [1.165, 1.54) is 38.5 Å². The van der Waals surface area contributed by atoms with E-state index in [0.29, 0.717) is 23.2 Å². The molecule has 0 aromatic heterocycles. The lowest BCUT2D eigenvalue weighted by molar-refractivity contribution is -0.224. The Morgan fingerprint density at radius 1 is 0.778 bits per heavy atom. The van der Waals surface area contributed by atoms with Gasteiger partial charge in [0, 0.05) is 23.2 Å². The van der Waals surface area contributed by atoms with E-state index in [1.54, 1.807) is 0 Å². The molecule has 0 amide bonds. The SMILES string of the molecule is CC1CCCC(C)N1N1C(C)(C)CCCC1(C)C. The minimum absolute atomic E-state index is 0.307. The highest BCUT2D eigenvalue weighted by Gasteiger charge is 2.47. The van der Waals surface area contributed by atoms with E-state index in [9.17, 15) is 0 Å². The first-order valence-corrected chi connectivity index (χ1v) is 7.84. The second kappa shape index (κ2) is 4.79. The normalized spacial score (nSPS) is 37.7. The molecule has 2 nitrogen and oxygen atoms in total. The monoisotopic (exact) mass is 252 g/mol.